The molecule has 1 atom stereocenters. The van der Waals surface area contributed by atoms with Gasteiger partial charge < -0.3 is 10.6 Å². The zero-order valence-electron chi connectivity index (χ0n) is 15.2. The van der Waals surface area contributed by atoms with E-state index < -0.39 is 0 Å². The van der Waals surface area contributed by atoms with Gasteiger partial charge in [0.25, 0.3) is 0 Å². The van der Waals surface area contributed by atoms with Gasteiger partial charge in [-0.2, -0.15) is 0 Å². The highest BCUT2D eigenvalue weighted by Crippen LogP contribution is 2.07. The Hall–Kier alpha value is -0.820. The Morgan fingerprint density at radius 3 is 2.13 bits per heavy atom. The Labute approximate surface area is 159 Å². The van der Waals surface area contributed by atoms with E-state index in [1.807, 2.05) is 7.05 Å². The molecule has 2 N–H and O–H groups in total. The molecule has 132 valence electrons. The van der Waals surface area contributed by atoms with Gasteiger partial charge in [0.15, 0.2) is 5.96 Å². The van der Waals surface area contributed by atoms with Crippen LogP contribution in [0, 0.1) is 0 Å². The van der Waals surface area contributed by atoms with E-state index in [-0.39, 0.29) is 24.0 Å². The molecule has 1 rings (SSSR count). The van der Waals surface area contributed by atoms with Crippen molar-refractivity contribution in [3.63, 3.8) is 0 Å². The lowest BCUT2D eigenvalue weighted by molar-refractivity contribution is 0.296. The molecule has 1 unspecified atom stereocenters. The molecule has 23 heavy (non-hydrogen) atoms. The number of hydrogen-bond acceptors (Lipinski definition) is 2. The summed E-state index contributed by atoms with van der Waals surface area (Å²) in [7, 11) is 1.81. The lowest BCUT2D eigenvalue weighted by atomic mass is 10.1. The third-order valence-electron chi connectivity index (χ3n) is 4.00. The quantitative estimate of drug-likeness (QED) is 0.375. The first-order chi connectivity index (χ1) is 10.6. The summed E-state index contributed by atoms with van der Waals surface area (Å²) in [6, 6.07) is 9.27. The van der Waals surface area contributed by atoms with Gasteiger partial charge in [0.2, 0.25) is 0 Å². The SMILES string of the molecule is CCC(C)NC(=NC)NCc1ccc(CN(CC)CC)cc1.I. The van der Waals surface area contributed by atoms with Crippen LogP contribution in [0.1, 0.15) is 45.2 Å². The average molecular weight is 432 g/mol. The van der Waals surface area contributed by atoms with Crippen LogP contribution in [0.2, 0.25) is 0 Å². The zero-order chi connectivity index (χ0) is 16.4. The van der Waals surface area contributed by atoms with Crippen LogP contribution < -0.4 is 10.6 Å². The van der Waals surface area contributed by atoms with Gasteiger partial charge in [0.05, 0.1) is 0 Å². The van der Waals surface area contributed by atoms with E-state index in [1.54, 1.807) is 0 Å². The summed E-state index contributed by atoms with van der Waals surface area (Å²) in [5.41, 5.74) is 2.64. The molecule has 1 aromatic carbocycles. The minimum atomic E-state index is 0. The summed E-state index contributed by atoms with van der Waals surface area (Å²) < 4.78 is 0. The average Bonchev–Trinajstić information content (AvgIpc) is 2.57. The molecule has 0 saturated carbocycles. The Kier molecular flexibility index (Phi) is 12.1. The van der Waals surface area contributed by atoms with Gasteiger partial charge in [-0.15, -0.1) is 24.0 Å². The number of aliphatic imine (C=N–C) groups is 1. The summed E-state index contributed by atoms with van der Waals surface area (Å²) >= 11 is 0. The highest BCUT2D eigenvalue weighted by Gasteiger charge is 2.04. The van der Waals surface area contributed by atoms with E-state index in [1.165, 1.54) is 11.1 Å². The van der Waals surface area contributed by atoms with Crippen molar-refractivity contribution in [2.75, 3.05) is 20.1 Å². The first-order valence-electron chi connectivity index (χ1n) is 8.40. The Balaban J connectivity index is 0.00000484. The lowest BCUT2D eigenvalue weighted by Gasteiger charge is -2.18. The first kappa shape index (κ1) is 22.2. The van der Waals surface area contributed by atoms with E-state index in [4.69, 9.17) is 0 Å². The third-order valence-corrected chi connectivity index (χ3v) is 4.00. The number of halogens is 1. The minimum absolute atomic E-state index is 0. The fourth-order valence-corrected chi connectivity index (χ4v) is 2.18. The lowest BCUT2D eigenvalue weighted by Crippen LogP contribution is -2.41. The van der Waals surface area contributed by atoms with E-state index in [9.17, 15) is 0 Å². The van der Waals surface area contributed by atoms with Gasteiger partial charge in [-0.1, -0.05) is 45.0 Å². The molecule has 0 aromatic heterocycles. The van der Waals surface area contributed by atoms with Crippen molar-refractivity contribution in [1.29, 1.82) is 0 Å². The Bertz CT molecular complexity index is 441. The van der Waals surface area contributed by atoms with E-state index in [0.717, 1.165) is 38.6 Å². The van der Waals surface area contributed by atoms with Crippen LogP contribution in [0.3, 0.4) is 0 Å². The van der Waals surface area contributed by atoms with Gasteiger partial charge in [0.1, 0.15) is 0 Å². The van der Waals surface area contributed by atoms with Crippen LogP contribution in [-0.4, -0.2) is 37.0 Å². The van der Waals surface area contributed by atoms with Crippen molar-refractivity contribution >= 4 is 29.9 Å². The second-order valence-electron chi connectivity index (χ2n) is 5.66. The van der Waals surface area contributed by atoms with Gasteiger partial charge in [-0.3, -0.25) is 9.89 Å². The standard InChI is InChI=1S/C18H32N4.HI/c1-6-15(4)21-18(19-5)20-13-16-9-11-17(12-10-16)14-22(7-2)8-3;/h9-12,15H,6-8,13-14H2,1-5H3,(H2,19,20,21);1H. The number of rotatable bonds is 8. The molecule has 0 aliphatic carbocycles. The normalized spacial score (nSPS) is 12.7. The fraction of sp³-hybridized carbons (Fsp3) is 0.611. The number of guanidine groups is 1. The van der Waals surface area contributed by atoms with Crippen LogP contribution in [0.5, 0.6) is 0 Å². The van der Waals surface area contributed by atoms with Gasteiger partial charge in [0, 0.05) is 26.2 Å². The minimum Gasteiger partial charge on any atom is -0.354 e. The van der Waals surface area contributed by atoms with Crippen molar-refractivity contribution in [3.8, 4) is 0 Å². The topological polar surface area (TPSA) is 39.7 Å². The molecule has 4 nitrogen and oxygen atoms in total. The molecule has 0 aliphatic heterocycles. The number of hydrogen-bond donors (Lipinski definition) is 2. The van der Waals surface area contributed by atoms with Gasteiger partial charge in [-0.25, -0.2) is 0 Å². The van der Waals surface area contributed by atoms with Crippen molar-refractivity contribution in [2.45, 2.75) is 53.2 Å². The van der Waals surface area contributed by atoms with Crippen LogP contribution in [0.25, 0.3) is 0 Å². The molecular weight excluding hydrogens is 399 g/mol. The van der Waals surface area contributed by atoms with Crippen molar-refractivity contribution in [1.82, 2.24) is 15.5 Å². The van der Waals surface area contributed by atoms with Crippen molar-refractivity contribution < 1.29 is 0 Å². The van der Waals surface area contributed by atoms with E-state index >= 15 is 0 Å². The van der Waals surface area contributed by atoms with Crippen molar-refractivity contribution in [3.05, 3.63) is 35.4 Å². The molecule has 0 heterocycles. The predicted molar refractivity (Wildman–Crippen MR) is 112 cm³/mol. The number of nitrogens with one attached hydrogen (secondary N) is 2. The second-order valence-corrected chi connectivity index (χ2v) is 5.66. The first-order valence-corrected chi connectivity index (χ1v) is 8.40. The van der Waals surface area contributed by atoms with Gasteiger partial charge >= 0.3 is 0 Å². The highest BCUT2D eigenvalue weighted by atomic mass is 127. The Morgan fingerprint density at radius 1 is 1.09 bits per heavy atom. The molecule has 0 aliphatic rings. The van der Waals surface area contributed by atoms with E-state index in [0.29, 0.717) is 6.04 Å². The molecule has 0 radical (unpaired) electrons. The Morgan fingerprint density at radius 2 is 1.65 bits per heavy atom. The zero-order valence-corrected chi connectivity index (χ0v) is 17.6. The molecule has 0 fully saturated rings. The monoisotopic (exact) mass is 432 g/mol. The molecular formula is C18H33IN4. The summed E-state index contributed by atoms with van der Waals surface area (Å²) in [5.74, 6) is 0.863. The van der Waals surface area contributed by atoms with Crippen LogP contribution >= 0.6 is 24.0 Å². The van der Waals surface area contributed by atoms with Crippen molar-refractivity contribution in [2.24, 2.45) is 4.99 Å². The summed E-state index contributed by atoms with van der Waals surface area (Å²) in [5, 5.41) is 6.73. The summed E-state index contributed by atoms with van der Waals surface area (Å²) in [6.07, 6.45) is 1.08. The smallest absolute Gasteiger partial charge is 0.191 e. The molecule has 1 aromatic rings. The number of benzene rings is 1. The molecule has 0 saturated heterocycles. The molecule has 0 spiro atoms. The highest BCUT2D eigenvalue weighted by molar-refractivity contribution is 14.0. The summed E-state index contributed by atoms with van der Waals surface area (Å²) in [6.45, 7) is 12.7. The number of nitrogens with zero attached hydrogens (tertiary/aromatic N) is 2. The van der Waals surface area contributed by atoms with Gasteiger partial charge in [-0.05, 0) is 37.6 Å². The molecule has 0 bridgehead atoms. The summed E-state index contributed by atoms with van der Waals surface area (Å²) in [4.78, 5) is 6.68. The van der Waals surface area contributed by atoms with Crippen LogP contribution in [0.4, 0.5) is 0 Å². The van der Waals surface area contributed by atoms with E-state index in [2.05, 4.69) is 72.5 Å². The fourth-order valence-electron chi connectivity index (χ4n) is 2.18. The maximum absolute atomic E-state index is 4.26. The largest absolute Gasteiger partial charge is 0.354 e. The molecule has 5 heteroatoms. The third kappa shape index (κ3) is 8.55. The second kappa shape index (κ2) is 12.6. The van der Waals surface area contributed by atoms with Crippen LogP contribution in [0.15, 0.2) is 29.3 Å². The maximum Gasteiger partial charge on any atom is 0.191 e. The molecule has 0 amide bonds. The maximum atomic E-state index is 4.26. The predicted octanol–water partition coefficient (Wildman–Crippen LogP) is 3.61. The van der Waals surface area contributed by atoms with Crippen LogP contribution in [-0.2, 0) is 13.1 Å².